The number of primary amides is 1. The van der Waals surface area contributed by atoms with E-state index in [0.29, 0.717) is 6.04 Å². The molecule has 1 aliphatic carbocycles. The van der Waals surface area contributed by atoms with Crippen LogP contribution in [-0.4, -0.2) is 18.2 Å². The van der Waals surface area contributed by atoms with E-state index in [2.05, 4.69) is 38.2 Å². The maximum atomic E-state index is 10.8. The molecule has 1 fully saturated rings. The zero-order valence-electron chi connectivity index (χ0n) is 13.2. The van der Waals surface area contributed by atoms with Crippen molar-refractivity contribution in [2.45, 2.75) is 65.0 Å². The Hall–Kier alpha value is -1.71. The van der Waals surface area contributed by atoms with E-state index in [0.717, 1.165) is 32.1 Å². The second-order valence-corrected chi connectivity index (χ2v) is 6.00. The van der Waals surface area contributed by atoms with Gasteiger partial charge in [-0.15, -0.1) is 0 Å². The molecule has 4 nitrogen and oxygen atoms in total. The maximum Gasteiger partial charge on any atom is 0.404 e. The molecule has 0 spiro atoms. The first-order valence-electron chi connectivity index (χ1n) is 7.82. The molecule has 0 atom stereocenters. The molecule has 0 aromatic heterocycles. The number of benzene rings is 1. The van der Waals surface area contributed by atoms with E-state index >= 15 is 0 Å². The first kappa shape index (κ1) is 15.7. The van der Waals surface area contributed by atoms with Crippen molar-refractivity contribution < 1.29 is 9.53 Å². The number of amides is 1. The third-order valence-electron chi connectivity index (χ3n) is 4.38. The van der Waals surface area contributed by atoms with Gasteiger partial charge in [0.15, 0.2) is 0 Å². The summed E-state index contributed by atoms with van der Waals surface area (Å²) >= 11 is 0. The van der Waals surface area contributed by atoms with Crippen LogP contribution in [0.25, 0.3) is 0 Å². The van der Waals surface area contributed by atoms with Gasteiger partial charge < -0.3 is 15.8 Å². The summed E-state index contributed by atoms with van der Waals surface area (Å²) in [5, 5.41) is 3.62. The fraction of sp³-hybridized carbons (Fsp3) is 0.588. The number of rotatable bonds is 4. The predicted octanol–water partition coefficient (Wildman–Crippen LogP) is 3.68. The largest absolute Gasteiger partial charge is 0.446 e. The van der Waals surface area contributed by atoms with Gasteiger partial charge in [-0.25, -0.2) is 4.79 Å². The average Bonchev–Trinajstić information content (AvgIpc) is 2.40. The standard InChI is InChI=1S/C17H26N2O2/c1-4-16-11(2)9-14(10-12(16)3)19-13-5-7-15(8-6-13)21-17(18)20/h9-10,13,15,19H,4-8H2,1-3H3,(H2,18,20). The van der Waals surface area contributed by atoms with Crippen LogP contribution in [-0.2, 0) is 11.2 Å². The number of hydrogen-bond donors (Lipinski definition) is 2. The van der Waals surface area contributed by atoms with Crippen molar-refractivity contribution in [2.24, 2.45) is 5.73 Å². The lowest BCUT2D eigenvalue weighted by atomic mass is 9.92. The van der Waals surface area contributed by atoms with E-state index in [9.17, 15) is 4.79 Å². The van der Waals surface area contributed by atoms with Gasteiger partial charge in [0.05, 0.1) is 0 Å². The molecule has 4 heteroatoms. The van der Waals surface area contributed by atoms with Gasteiger partial charge in [0.25, 0.3) is 0 Å². The van der Waals surface area contributed by atoms with E-state index < -0.39 is 6.09 Å². The van der Waals surface area contributed by atoms with Crippen molar-refractivity contribution in [2.75, 3.05) is 5.32 Å². The molecule has 116 valence electrons. The van der Waals surface area contributed by atoms with Gasteiger partial charge in [0.2, 0.25) is 0 Å². The lowest BCUT2D eigenvalue weighted by Gasteiger charge is -2.29. The summed E-state index contributed by atoms with van der Waals surface area (Å²) in [5.41, 5.74) is 10.4. The van der Waals surface area contributed by atoms with E-state index in [-0.39, 0.29) is 6.10 Å². The van der Waals surface area contributed by atoms with Crippen LogP contribution in [0, 0.1) is 13.8 Å². The van der Waals surface area contributed by atoms with Crippen LogP contribution in [0.15, 0.2) is 12.1 Å². The Morgan fingerprint density at radius 1 is 1.24 bits per heavy atom. The normalized spacial score (nSPS) is 21.9. The van der Waals surface area contributed by atoms with Gasteiger partial charge in [0.1, 0.15) is 6.10 Å². The Bertz CT molecular complexity index is 483. The number of nitrogens with two attached hydrogens (primary N) is 1. The fourth-order valence-electron chi connectivity index (χ4n) is 3.36. The molecule has 3 N–H and O–H groups in total. The summed E-state index contributed by atoms with van der Waals surface area (Å²) in [4.78, 5) is 10.8. The van der Waals surface area contributed by atoms with Crippen molar-refractivity contribution >= 4 is 11.8 Å². The molecule has 0 radical (unpaired) electrons. The van der Waals surface area contributed by atoms with Crippen molar-refractivity contribution in [3.8, 4) is 0 Å². The fourth-order valence-corrected chi connectivity index (χ4v) is 3.36. The average molecular weight is 290 g/mol. The van der Waals surface area contributed by atoms with E-state index in [4.69, 9.17) is 10.5 Å². The SMILES string of the molecule is CCc1c(C)cc(NC2CCC(OC(N)=O)CC2)cc1C. The summed E-state index contributed by atoms with van der Waals surface area (Å²) in [7, 11) is 0. The monoisotopic (exact) mass is 290 g/mol. The molecule has 21 heavy (non-hydrogen) atoms. The molecule has 0 saturated heterocycles. The zero-order valence-corrected chi connectivity index (χ0v) is 13.2. The Morgan fingerprint density at radius 3 is 2.29 bits per heavy atom. The number of hydrogen-bond acceptors (Lipinski definition) is 3. The minimum atomic E-state index is -0.659. The highest BCUT2D eigenvalue weighted by molar-refractivity contribution is 5.64. The Labute approximate surface area is 127 Å². The maximum absolute atomic E-state index is 10.8. The van der Waals surface area contributed by atoms with Crippen molar-refractivity contribution in [1.82, 2.24) is 0 Å². The quantitative estimate of drug-likeness (QED) is 0.889. The van der Waals surface area contributed by atoms with Crippen LogP contribution in [0.5, 0.6) is 0 Å². The van der Waals surface area contributed by atoms with Crippen LogP contribution in [0.1, 0.15) is 49.3 Å². The van der Waals surface area contributed by atoms with Crippen molar-refractivity contribution in [1.29, 1.82) is 0 Å². The second-order valence-electron chi connectivity index (χ2n) is 6.00. The van der Waals surface area contributed by atoms with Crippen molar-refractivity contribution in [3.63, 3.8) is 0 Å². The van der Waals surface area contributed by atoms with Gasteiger partial charge in [-0.1, -0.05) is 6.92 Å². The lowest BCUT2D eigenvalue weighted by Crippen LogP contribution is -2.32. The Balaban J connectivity index is 1.93. The molecule has 2 rings (SSSR count). The molecule has 0 heterocycles. The smallest absolute Gasteiger partial charge is 0.404 e. The molecule has 0 bridgehead atoms. The van der Waals surface area contributed by atoms with Crippen LogP contribution < -0.4 is 11.1 Å². The minimum Gasteiger partial charge on any atom is -0.446 e. The number of ether oxygens (including phenoxy) is 1. The lowest BCUT2D eigenvalue weighted by molar-refractivity contribution is 0.0806. The number of anilines is 1. The topological polar surface area (TPSA) is 64.3 Å². The minimum absolute atomic E-state index is 0.00788. The number of carbonyl (C=O) groups excluding carboxylic acids is 1. The third kappa shape index (κ3) is 4.13. The first-order chi connectivity index (χ1) is 9.99. The highest BCUT2D eigenvalue weighted by Crippen LogP contribution is 2.26. The summed E-state index contributed by atoms with van der Waals surface area (Å²) in [5.74, 6) is 0. The van der Waals surface area contributed by atoms with Gasteiger partial charge in [-0.05, 0) is 74.8 Å². The number of nitrogens with one attached hydrogen (secondary N) is 1. The number of carbonyl (C=O) groups is 1. The summed E-state index contributed by atoms with van der Waals surface area (Å²) in [6.45, 7) is 6.55. The molecular weight excluding hydrogens is 264 g/mol. The summed E-state index contributed by atoms with van der Waals surface area (Å²) < 4.78 is 5.07. The van der Waals surface area contributed by atoms with Gasteiger partial charge in [0, 0.05) is 11.7 Å². The van der Waals surface area contributed by atoms with E-state index in [1.807, 2.05) is 0 Å². The van der Waals surface area contributed by atoms with Gasteiger partial charge in [-0.2, -0.15) is 0 Å². The molecular formula is C17H26N2O2. The molecule has 1 aromatic rings. The van der Waals surface area contributed by atoms with Crippen molar-refractivity contribution in [3.05, 3.63) is 28.8 Å². The Kier molecular flexibility index (Phi) is 5.10. The molecule has 1 aromatic carbocycles. The highest BCUT2D eigenvalue weighted by Gasteiger charge is 2.23. The van der Waals surface area contributed by atoms with Crippen LogP contribution >= 0.6 is 0 Å². The first-order valence-corrected chi connectivity index (χ1v) is 7.82. The third-order valence-corrected chi connectivity index (χ3v) is 4.38. The molecule has 0 unspecified atom stereocenters. The van der Waals surface area contributed by atoms with E-state index in [1.54, 1.807) is 0 Å². The van der Waals surface area contributed by atoms with E-state index in [1.165, 1.54) is 22.4 Å². The predicted molar refractivity (Wildman–Crippen MR) is 85.6 cm³/mol. The summed E-state index contributed by atoms with van der Waals surface area (Å²) in [6, 6.07) is 4.92. The highest BCUT2D eigenvalue weighted by atomic mass is 16.6. The molecule has 1 aliphatic rings. The van der Waals surface area contributed by atoms with Crippen LogP contribution in [0.2, 0.25) is 0 Å². The number of aryl methyl sites for hydroxylation is 2. The second kappa shape index (κ2) is 6.83. The van der Waals surface area contributed by atoms with Crippen LogP contribution in [0.4, 0.5) is 10.5 Å². The van der Waals surface area contributed by atoms with Crippen LogP contribution in [0.3, 0.4) is 0 Å². The van der Waals surface area contributed by atoms with Gasteiger partial charge >= 0.3 is 6.09 Å². The molecule has 1 amide bonds. The molecule has 0 aliphatic heterocycles. The molecule has 1 saturated carbocycles. The van der Waals surface area contributed by atoms with Gasteiger partial charge in [-0.3, -0.25) is 0 Å². The zero-order chi connectivity index (χ0) is 15.4. The Morgan fingerprint density at radius 2 is 1.81 bits per heavy atom. The summed E-state index contributed by atoms with van der Waals surface area (Å²) in [6.07, 6.45) is 4.18.